The van der Waals surface area contributed by atoms with Gasteiger partial charge in [-0.3, -0.25) is 4.98 Å². The molecule has 2 aromatic rings. The maximum Gasteiger partial charge on any atom is 0.169 e. The number of hydrogen-bond donors (Lipinski definition) is 2. The Balaban J connectivity index is 0.000000321. The van der Waals surface area contributed by atoms with Crippen LogP contribution in [0.4, 0.5) is 0 Å². The molecule has 0 aliphatic heterocycles. The van der Waals surface area contributed by atoms with Crippen molar-refractivity contribution in [1.82, 2.24) is 4.98 Å². The molecule has 0 atom stereocenters. The number of thiol groups is 2. The smallest absolute Gasteiger partial charge is 0.169 e. The van der Waals surface area contributed by atoms with Gasteiger partial charge >= 0.3 is 0 Å². The van der Waals surface area contributed by atoms with E-state index in [-0.39, 0.29) is 0 Å². The third-order valence-corrected chi connectivity index (χ3v) is 2.20. The second-order valence-electron chi connectivity index (χ2n) is 3.67. The highest BCUT2D eigenvalue weighted by molar-refractivity contribution is 8.59. The van der Waals surface area contributed by atoms with E-state index >= 15 is 0 Å². The normalized spacial score (nSPS) is 8.30. The summed E-state index contributed by atoms with van der Waals surface area (Å²) in [6.07, 6.45) is 10.4. The molecule has 2 heterocycles. The van der Waals surface area contributed by atoms with Crippen molar-refractivity contribution >= 4 is 23.3 Å². The van der Waals surface area contributed by atoms with E-state index in [2.05, 4.69) is 46.0 Å². The van der Waals surface area contributed by atoms with Gasteiger partial charge in [-0.2, -0.15) is 0 Å². The first-order valence-electron chi connectivity index (χ1n) is 6.12. The highest BCUT2D eigenvalue weighted by Gasteiger charge is 1.88. The maximum atomic E-state index is 4.10. The molecular formula is C16H21N2S2+. The summed E-state index contributed by atoms with van der Waals surface area (Å²) in [5, 5.41) is 0. The predicted molar refractivity (Wildman–Crippen MR) is 92.9 cm³/mol. The van der Waals surface area contributed by atoms with Crippen molar-refractivity contribution in [2.24, 2.45) is 0 Å². The first-order valence-corrected chi connectivity index (χ1v) is 7.72. The molecule has 2 nitrogen and oxygen atoms in total. The number of nitrogens with zero attached hydrogens (tertiary/aromatic N) is 2. The number of hydrogen-bond acceptors (Lipinski definition) is 3. The summed E-state index contributed by atoms with van der Waals surface area (Å²) in [5.74, 6) is 0. The zero-order valence-corrected chi connectivity index (χ0v) is 13.3. The van der Waals surface area contributed by atoms with E-state index in [1.807, 2.05) is 60.9 Å². The van der Waals surface area contributed by atoms with Gasteiger partial charge in [-0.25, -0.2) is 4.57 Å². The van der Waals surface area contributed by atoms with Gasteiger partial charge in [0, 0.05) is 30.4 Å². The van der Waals surface area contributed by atoms with Crippen LogP contribution < -0.4 is 4.57 Å². The van der Waals surface area contributed by atoms with E-state index < -0.39 is 0 Å². The van der Waals surface area contributed by atoms with Gasteiger partial charge in [0.25, 0.3) is 0 Å². The van der Waals surface area contributed by atoms with Crippen LogP contribution in [0.15, 0.2) is 80.3 Å². The largest absolute Gasteiger partial charge is 0.261 e. The van der Waals surface area contributed by atoms with Gasteiger partial charge in [0.2, 0.25) is 0 Å². The Morgan fingerprint density at radius 1 is 1.00 bits per heavy atom. The van der Waals surface area contributed by atoms with Gasteiger partial charge < -0.3 is 0 Å². The van der Waals surface area contributed by atoms with Crippen molar-refractivity contribution in [2.45, 2.75) is 13.0 Å². The van der Waals surface area contributed by atoms with Gasteiger partial charge in [-0.05, 0) is 18.2 Å². The molecule has 0 amide bonds. The zero-order valence-electron chi connectivity index (χ0n) is 11.5. The van der Waals surface area contributed by atoms with Crippen LogP contribution in [0.5, 0.6) is 0 Å². The summed E-state index contributed by atoms with van der Waals surface area (Å²) in [7, 11) is 0. The summed E-state index contributed by atoms with van der Waals surface area (Å²) >= 11 is 6.44. The summed E-state index contributed by atoms with van der Waals surface area (Å²) in [4.78, 5) is 4.10. The zero-order chi connectivity index (χ0) is 15.1. The van der Waals surface area contributed by atoms with Crippen molar-refractivity contribution < 1.29 is 4.57 Å². The van der Waals surface area contributed by atoms with E-state index in [1.54, 1.807) is 6.20 Å². The van der Waals surface area contributed by atoms with Crippen LogP contribution >= 0.6 is 23.3 Å². The van der Waals surface area contributed by atoms with Crippen molar-refractivity contribution in [1.29, 1.82) is 0 Å². The topological polar surface area (TPSA) is 16.8 Å². The maximum absolute atomic E-state index is 4.10. The Kier molecular flexibility index (Phi) is 12.8. The molecule has 0 saturated carbocycles. The van der Waals surface area contributed by atoms with E-state index in [9.17, 15) is 0 Å². The van der Waals surface area contributed by atoms with E-state index in [0.717, 1.165) is 18.7 Å². The van der Waals surface area contributed by atoms with Crippen LogP contribution in [0.2, 0.25) is 0 Å². The monoisotopic (exact) mass is 305 g/mol. The molecule has 20 heavy (non-hydrogen) atoms. The average molecular weight is 305 g/mol. The lowest BCUT2D eigenvalue weighted by Gasteiger charge is -1.90. The van der Waals surface area contributed by atoms with E-state index in [4.69, 9.17) is 0 Å². The molecule has 0 unspecified atom stereocenters. The molecule has 0 N–H and O–H groups in total. The van der Waals surface area contributed by atoms with Gasteiger partial charge in [-0.1, -0.05) is 24.8 Å². The number of rotatable bonds is 4. The standard InChI is InChI=1S/C8H10N.C8H9N.H2S2/c1-2-6-9-7-4-3-5-8-9;1-2-5-8-6-3-4-7-9-8;1-2/h2-5,7-8H,1,6H2;2-4,6-7H,1,5H2;1-2H/q+1;;. The molecule has 0 bridgehead atoms. The van der Waals surface area contributed by atoms with Gasteiger partial charge in [0.1, 0.15) is 0 Å². The van der Waals surface area contributed by atoms with Crippen molar-refractivity contribution in [3.05, 3.63) is 86.0 Å². The minimum atomic E-state index is 0.862. The molecule has 106 valence electrons. The Bertz CT molecular complexity index is 413. The fourth-order valence-electron chi connectivity index (χ4n) is 1.37. The van der Waals surface area contributed by atoms with Crippen molar-refractivity contribution in [2.75, 3.05) is 0 Å². The fraction of sp³-hybridized carbons (Fsp3) is 0.125. The lowest BCUT2D eigenvalue weighted by atomic mass is 10.3. The number of aromatic nitrogens is 2. The average Bonchev–Trinajstić information content (AvgIpc) is 2.53. The summed E-state index contributed by atoms with van der Waals surface area (Å²) in [6.45, 7) is 8.14. The van der Waals surface area contributed by atoms with Crippen LogP contribution in [-0.2, 0) is 13.0 Å². The number of pyridine rings is 2. The molecule has 0 spiro atoms. The molecule has 2 rings (SSSR count). The molecule has 0 radical (unpaired) electrons. The molecule has 4 heteroatoms. The Morgan fingerprint density at radius 2 is 1.70 bits per heavy atom. The number of allylic oxidation sites excluding steroid dienone is 2. The third kappa shape index (κ3) is 9.42. The molecule has 0 aromatic carbocycles. The van der Waals surface area contributed by atoms with Crippen molar-refractivity contribution in [3.8, 4) is 0 Å². The lowest BCUT2D eigenvalue weighted by molar-refractivity contribution is -0.687. The molecule has 0 aliphatic rings. The minimum absolute atomic E-state index is 0.862. The highest BCUT2D eigenvalue weighted by atomic mass is 33.1. The molecule has 0 fully saturated rings. The lowest BCUT2D eigenvalue weighted by Crippen LogP contribution is -2.30. The third-order valence-electron chi connectivity index (χ3n) is 2.20. The first kappa shape index (κ1) is 18.5. The highest BCUT2D eigenvalue weighted by Crippen LogP contribution is 1.93. The SMILES string of the molecule is C=CC[n+]1ccccc1.C=CCc1ccccn1.SS. The van der Waals surface area contributed by atoms with Crippen LogP contribution in [-0.4, -0.2) is 4.98 Å². The molecular weight excluding hydrogens is 284 g/mol. The van der Waals surface area contributed by atoms with Gasteiger partial charge in [-0.15, -0.1) is 29.9 Å². The predicted octanol–water partition coefficient (Wildman–Crippen LogP) is 3.73. The summed E-state index contributed by atoms with van der Waals surface area (Å²) in [6, 6.07) is 11.9. The van der Waals surface area contributed by atoms with Crippen LogP contribution in [0.1, 0.15) is 5.69 Å². The minimum Gasteiger partial charge on any atom is -0.261 e. The molecule has 2 aromatic heterocycles. The van der Waals surface area contributed by atoms with E-state index in [0.29, 0.717) is 0 Å². The van der Waals surface area contributed by atoms with Crippen LogP contribution in [0.25, 0.3) is 0 Å². The summed E-state index contributed by atoms with van der Waals surface area (Å²) < 4.78 is 2.06. The van der Waals surface area contributed by atoms with Crippen LogP contribution in [0, 0.1) is 0 Å². The Morgan fingerprint density at radius 3 is 2.20 bits per heavy atom. The first-order chi connectivity index (χ1) is 9.86. The van der Waals surface area contributed by atoms with E-state index in [1.165, 1.54) is 0 Å². The fourth-order valence-corrected chi connectivity index (χ4v) is 1.37. The molecule has 0 aliphatic carbocycles. The Labute approximate surface area is 132 Å². The van der Waals surface area contributed by atoms with Crippen LogP contribution in [0.3, 0.4) is 0 Å². The van der Waals surface area contributed by atoms with Gasteiger partial charge in [0.05, 0.1) is 0 Å². The van der Waals surface area contributed by atoms with Gasteiger partial charge in [0.15, 0.2) is 18.9 Å². The second-order valence-corrected chi connectivity index (χ2v) is 3.67. The van der Waals surface area contributed by atoms with Crippen molar-refractivity contribution in [3.63, 3.8) is 0 Å². The Hall–Kier alpha value is -1.52. The quantitative estimate of drug-likeness (QED) is 0.381. The molecule has 0 saturated heterocycles. The second kappa shape index (κ2) is 13.9. The summed E-state index contributed by atoms with van der Waals surface area (Å²) in [5.41, 5.74) is 1.08.